The van der Waals surface area contributed by atoms with Crippen molar-refractivity contribution in [1.82, 2.24) is 8.87 Å². The monoisotopic (exact) mass is 591 g/mol. The minimum Gasteiger partial charge on any atom is -0.367 e. The average molecular weight is 594 g/mol. The van der Waals surface area contributed by atoms with Crippen molar-refractivity contribution in [2.75, 3.05) is 31.1 Å². The van der Waals surface area contributed by atoms with Gasteiger partial charge in [-0.15, -0.1) is 0 Å². The molecule has 174 valence electrons. The molecule has 0 saturated carbocycles. The summed E-state index contributed by atoms with van der Waals surface area (Å²) < 4.78 is 26.4. The van der Waals surface area contributed by atoms with E-state index in [1.54, 1.807) is 30.3 Å². The average Bonchev–Trinajstić information content (AvgIpc) is 3.18. The third kappa shape index (κ3) is 4.49. The maximum absolute atomic E-state index is 13.4. The van der Waals surface area contributed by atoms with Crippen LogP contribution in [0.1, 0.15) is 10.4 Å². The molecule has 1 fully saturated rings. The molecule has 33 heavy (non-hydrogen) atoms. The molecule has 0 radical (unpaired) electrons. The van der Waals surface area contributed by atoms with E-state index < -0.39 is 19.7 Å². The number of anilines is 1. The Balaban J connectivity index is 1.75. The molecule has 7 nitrogen and oxygen atoms in total. The number of rotatable bonds is 4. The van der Waals surface area contributed by atoms with E-state index in [9.17, 15) is 18.0 Å². The maximum Gasteiger partial charge on any atom is 0.274 e. The van der Waals surface area contributed by atoms with Crippen LogP contribution in [0, 0.1) is 0 Å². The highest BCUT2D eigenvalue weighted by Crippen LogP contribution is 2.35. The summed E-state index contributed by atoms with van der Waals surface area (Å²) >= 11 is 20.5. The molecule has 2 aromatic carbocycles. The number of hydrogen-bond donors (Lipinski definition) is 0. The predicted molar refractivity (Wildman–Crippen MR) is 133 cm³/mol. The molecule has 0 unspecified atom stereocenters. The number of benzene rings is 2. The first-order chi connectivity index (χ1) is 15.6. The van der Waals surface area contributed by atoms with Gasteiger partial charge >= 0.3 is 0 Å². The van der Waals surface area contributed by atoms with Crippen molar-refractivity contribution in [1.29, 1.82) is 0 Å². The van der Waals surface area contributed by atoms with Gasteiger partial charge in [-0.2, -0.15) is 0 Å². The fraction of sp³-hybridized carbons (Fsp3) is 0.238. The molecule has 1 saturated heterocycles. The maximum atomic E-state index is 13.4. The Labute approximate surface area is 214 Å². The van der Waals surface area contributed by atoms with E-state index in [1.165, 1.54) is 17.2 Å². The Bertz CT molecular complexity index is 1350. The van der Waals surface area contributed by atoms with E-state index in [0.717, 1.165) is 3.97 Å². The topological polar surface area (TPSA) is 79.7 Å². The van der Waals surface area contributed by atoms with E-state index in [0.29, 0.717) is 53.5 Å². The number of piperazine rings is 1. The highest BCUT2D eigenvalue weighted by molar-refractivity contribution is 9.10. The molecule has 1 aliphatic heterocycles. The van der Waals surface area contributed by atoms with Gasteiger partial charge in [-0.1, -0.05) is 53.0 Å². The number of halogens is 4. The molecule has 0 spiro atoms. The van der Waals surface area contributed by atoms with Gasteiger partial charge in [0.25, 0.3) is 19.7 Å². The number of aldehydes is 1. The van der Waals surface area contributed by atoms with E-state index in [4.69, 9.17) is 34.8 Å². The van der Waals surface area contributed by atoms with Crippen molar-refractivity contribution in [3.63, 3.8) is 0 Å². The lowest BCUT2D eigenvalue weighted by atomic mass is 10.1. The summed E-state index contributed by atoms with van der Waals surface area (Å²) in [6, 6.07) is 11.7. The van der Waals surface area contributed by atoms with Gasteiger partial charge in [0, 0.05) is 53.5 Å². The molecule has 0 N–H and O–H groups in total. The van der Waals surface area contributed by atoms with Gasteiger partial charge in [0.15, 0.2) is 6.29 Å². The van der Waals surface area contributed by atoms with Crippen molar-refractivity contribution in [2.24, 2.45) is 0 Å². The van der Waals surface area contributed by atoms with Crippen LogP contribution < -0.4 is 4.90 Å². The largest absolute Gasteiger partial charge is 0.367 e. The molecule has 12 heteroatoms. The van der Waals surface area contributed by atoms with Crippen molar-refractivity contribution < 1.29 is 18.0 Å². The molecule has 0 atom stereocenters. The zero-order valence-corrected chi connectivity index (χ0v) is 21.6. The predicted octanol–water partition coefficient (Wildman–Crippen LogP) is 4.47. The highest BCUT2D eigenvalue weighted by atomic mass is 79.9. The summed E-state index contributed by atoms with van der Waals surface area (Å²) in [6.45, 7) is 1.48. The molecule has 1 aromatic heterocycles. The minimum absolute atomic E-state index is 0.0867. The van der Waals surface area contributed by atoms with E-state index in [-0.39, 0.29) is 10.5 Å². The van der Waals surface area contributed by atoms with Gasteiger partial charge in [0.2, 0.25) is 0 Å². The second kappa shape index (κ2) is 9.11. The number of fused-ring (bicyclic) bond motifs is 1. The molecule has 3 aromatic rings. The number of nitrogens with zero attached hydrogens (tertiary/aromatic N) is 3. The molecular formula is C21H17BrCl3N3O4S. The summed E-state index contributed by atoms with van der Waals surface area (Å²) in [5.74, 6) is -0.593. The third-order valence-corrected chi connectivity index (χ3v) is 8.62. The van der Waals surface area contributed by atoms with Gasteiger partial charge in [0.1, 0.15) is 4.90 Å². The molecule has 4 rings (SSSR count). The first-order valence-electron chi connectivity index (χ1n) is 9.76. The summed E-state index contributed by atoms with van der Waals surface area (Å²) in [5, 5.41) is 0.518. The Hall–Kier alpha value is -1.78. The zero-order chi connectivity index (χ0) is 24.0. The Morgan fingerprint density at radius 1 is 1.00 bits per heavy atom. The minimum atomic E-state index is -3.97. The zero-order valence-electron chi connectivity index (χ0n) is 16.9. The standard InChI is InChI=1S/C21H17BrCl3N3O4S/c22-15-4-1-2-7-18(15)33(31,32)28-12-14(13-29)19-16(5-3-6-17(19)28)26-8-10-27(11-9-26)20(30)21(23,24)25/h1-7,12-13H,8-11H2. The SMILES string of the molecule is O=Cc1cn(S(=O)(=O)c2ccccc2Br)c2cccc(N3CCN(C(=O)C(Cl)(Cl)Cl)CC3)c12. The summed E-state index contributed by atoms with van der Waals surface area (Å²) in [5.41, 5.74) is 1.32. The van der Waals surface area contributed by atoms with Crippen molar-refractivity contribution in [2.45, 2.75) is 8.69 Å². The van der Waals surface area contributed by atoms with Crippen LogP contribution in [-0.4, -0.2) is 59.5 Å². The van der Waals surface area contributed by atoms with Crippen LogP contribution in [-0.2, 0) is 14.8 Å². The second-order valence-electron chi connectivity index (χ2n) is 7.38. The first-order valence-corrected chi connectivity index (χ1v) is 13.1. The normalized spacial score (nSPS) is 15.2. The van der Waals surface area contributed by atoms with Crippen LogP contribution in [0.3, 0.4) is 0 Å². The molecule has 2 heterocycles. The number of amides is 1. The van der Waals surface area contributed by atoms with Crippen LogP contribution in [0.4, 0.5) is 5.69 Å². The Morgan fingerprint density at radius 3 is 2.27 bits per heavy atom. The third-order valence-electron chi connectivity index (χ3n) is 5.45. The van der Waals surface area contributed by atoms with Gasteiger partial charge in [-0.25, -0.2) is 12.4 Å². The number of carbonyl (C=O) groups excluding carboxylic acids is 2. The summed E-state index contributed by atoms with van der Waals surface area (Å²) in [6.07, 6.45) is 1.97. The summed E-state index contributed by atoms with van der Waals surface area (Å²) in [4.78, 5) is 27.7. The van der Waals surface area contributed by atoms with Crippen molar-refractivity contribution in [3.05, 3.63) is 58.7 Å². The lowest BCUT2D eigenvalue weighted by Crippen LogP contribution is -2.51. The fourth-order valence-electron chi connectivity index (χ4n) is 3.91. The van der Waals surface area contributed by atoms with Gasteiger partial charge in [-0.05, 0) is 40.2 Å². The van der Waals surface area contributed by atoms with Crippen LogP contribution in [0.25, 0.3) is 10.9 Å². The smallest absolute Gasteiger partial charge is 0.274 e. The lowest BCUT2D eigenvalue weighted by molar-refractivity contribution is -0.130. The van der Waals surface area contributed by atoms with Gasteiger partial charge < -0.3 is 9.80 Å². The number of alkyl halides is 3. The lowest BCUT2D eigenvalue weighted by Gasteiger charge is -2.37. The van der Waals surface area contributed by atoms with Gasteiger partial charge in [-0.3, -0.25) is 9.59 Å². The number of aromatic nitrogens is 1. The quantitative estimate of drug-likeness (QED) is 0.330. The molecule has 0 bridgehead atoms. The first kappa shape index (κ1) is 24.3. The number of hydrogen-bond acceptors (Lipinski definition) is 5. The fourth-order valence-corrected chi connectivity index (χ4v) is 6.61. The summed E-state index contributed by atoms with van der Waals surface area (Å²) in [7, 11) is -3.97. The second-order valence-corrected chi connectivity index (χ2v) is 12.3. The molecule has 1 aliphatic rings. The van der Waals surface area contributed by atoms with Gasteiger partial charge in [0.05, 0.1) is 5.52 Å². The van der Waals surface area contributed by atoms with Crippen molar-refractivity contribution in [3.8, 4) is 0 Å². The molecule has 1 amide bonds. The van der Waals surface area contributed by atoms with E-state index >= 15 is 0 Å². The van der Waals surface area contributed by atoms with E-state index in [1.807, 2.05) is 11.0 Å². The molecule has 0 aliphatic carbocycles. The Morgan fingerprint density at radius 2 is 1.67 bits per heavy atom. The van der Waals surface area contributed by atoms with Crippen molar-refractivity contribution >= 4 is 89.5 Å². The highest BCUT2D eigenvalue weighted by Gasteiger charge is 2.37. The Kier molecular flexibility index (Phi) is 6.72. The van der Waals surface area contributed by atoms with Crippen LogP contribution in [0.2, 0.25) is 0 Å². The molecular weight excluding hydrogens is 577 g/mol. The van der Waals surface area contributed by atoms with Crippen LogP contribution >= 0.6 is 50.7 Å². The van der Waals surface area contributed by atoms with E-state index in [2.05, 4.69) is 15.9 Å². The van der Waals surface area contributed by atoms with Crippen LogP contribution in [0.5, 0.6) is 0 Å². The van der Waals surface area contributed by atoms with Crippen LogP contribution in [0.15, 0.2) is 58.0 Å². The number of carbonyl (C=O) groups is 2.